The number of nitrogens with zero attached hydrogens (tertiary/aromatic N) is 1. The van der Waals surface area contributed by atoms with Crippen molar-refractivity contribution in [2.24, 2.45) is 0 Å². The molecule has 1 heterocycles. The Morgan fingerprint density at radius 2 is 1.89 bits per heavy atom. The van der Waals surface area contributed by atoms with Gasteiger partial charge in [0.25, 0.3) is 0 Å². The van der Waals surface area contributed by atoms with Crippen molar-refractivity contribution in [2.45, 2.75) is 46.1 Å². The normalized spacial score (nSPS) is 18.2. The second-order valence-electron chi connectivity index (χ2n) is 7.35. The predicted octanol–water partition coefficient (Wildman–Crippen LogP) is 4.13. The van der Waals surface area contributed by atoms with Crippen LogP contribution >= 0.6 is 0 Å². The fraction of sp³-hybridized carbons (Fsp3) is 0.364. The number of hydrogen-bond acceptors (Lipinski definition) is 5. The molecule has 0 bridgehead atoms. The molecule has 1 atom stereocenters. The summed E-state index contributed by atoms with van der Waals surface area (Å²) in [6.45, 7) is 7.76. The standard InChI is InChI=1S/C22H23NO4/c1-13-14(2)20-18(15(3)19(13)24)9-10-22(4,27-20)12-26-21(25)17-7-5-16(11-23)6-8-17/h5-8,24H,9-10,12H2,1-4H3. The molecule has 0 aliphatic carbocycles. The van der Waals surface area contributed by atoms with Gasteiger partial charge in [-0.3, -0.25) is 0 Å². The SMILES string of the molecule is Cc1c(C)c2c(c(C)c1O)CCC(C)(COC(=O)c1ccc(C#N)cc1)O2. The lowest BCUT2D eigenvalue weighted by Crippen LogP contribution is -2.42. The number of ether oxygens (including phenoxy) is 2. The molecule has 1 aliphatic rings. The zero-order chi connectivity index (χ0) is 19.8. The van der Waals surface area contributed by atoms with E-state index in [1.54, 1.807) is 24.3 Å². The van der Waals surface area contributed by atoms with Crippen molar-refractivity contribution in [3.8, 4) is 17.6 Å². The van der Waals surface area contributed by atoms with E-state index in [1.807, 2.05) is 33.8 Å². The van der Waals surface area contributed by atoms with Crippen molar-refractivity contribution >= 4 is 5.97 Å². The summed E-state index contributed by atoms with van der Waals surface area (Å²) < 4.78 is 11.7. The Hall–Kier alpha value is -3.00. The van der Waals surface area contributed by atoms with Crippen LogP contribution in [0, 0.1) is 32.1 Å². The fourth-order valence-electron chi connectivity index (χ4n) is 3.38. The number of nitriles is 1. The predicted molar refractivity (Wildman–Crippen MR) is 101 cm³/mol. The van der Waals surface area contributed by atoms with Crippen LogP contribution in [0.4, 0.5) is 0 Å². The molecule has 140 valence electrons. The van der Waals surface area contributed by atoms with Crippen molar-refractivity contribution in [3.63, 3.8) is 0 Å². The molecule has 5 heteroatoms. The number of carbonyl (C=O) groups excluding carboxylic acids is 1. The third-order valence-electron chi connectivity index (χ3n) is 5.35. The highest BCUT2D eigenvalue weighted by Gasteiger charge is 2.36. The van der Waals surface area contributed by atoms with Crippen molar-refractivity contribution in [2.75, 3.05) is 6.61 Å². The van der Waals surface area contributed by atoms with Crippen LogP contribution in [0.5, 0.6) is 11.5 Å². The number of aromatic hydroxyl groups is 1. The smallest absolute Gasteiger partial charge is 0.338 e. The first kappa shape index (κ1) is 18.8. The van der Waals surface area contributed by atoms with Crippen molar-refractivity contribution < 1.29 is 19.4 Å². The molecular formula is C22H23NO4. The maximum Gasteiger partial charge on any atom is 0.338 e. The number of hydrogen-bond donors (Lipinski definition) is 1. The van der Waals surface area contributed by atoms with Gasteiger partial charge in [0.1, 0.15) is 23.7 Å². The van der Waals surface area contributed by atoms with Crippen LogP contribution in [-0.4, -0.2) is 23.3 Å². The van der Waals surface area contributed by atoms with E-state index < -0.39 is 11.6 Å². The van der Waals surface area contributed by atoms with E-state index in [2.05, 4.69) is 0 Å². The molecule has 2 aromatic rings. The fourth-order valence-corrected chi connectivity index (χ4v) is 3.38. The van der Waals surface area contributed by atoms with Gasteiger partial charge in [0.2, 0.25) is 0 Å². The third-order valence-corrected chi connectivity index (χ3v) is 5.35. The summed E-state index contributed by atoms with van der Waals surface area (Å²) in [7, 11) is 0. The van der Waals surface area contributed by atoms with E-state index in [9.17, 15) is 9.90 Å². The van der Waals surface area contributed by atoms with Gasteiger partial charge in [0.05, 0.1) is 17.2 Å². The third kappa shape index (κ3) is 3.48. The van der Waals surface area contributed by atoms with Gasteiger partial charge < -0.3 is 14.6 Å². The number of esters is 1. The van der Waals surface area contributed by atoms with E-state index in [0.717, 1.165) is 34.4 Å². The summed E-state index contributed by atoms with van der Waals surface area (Å²) in [6.07, 6.45) is 1.43. The summed E-state index contributed by atoms with van der Waals surface area (Å²) in [4.78, 5) is 12.3. The molecule has 0 spiro atoms. The Morgan fingerprint density at radius 1 is 1.22 bits per heavy atom. The van der Waals surface area contributed by atoms with Gasteiger partial charge in [-0.25, -0.2) is 4.79 Å². The maximum atomic E-state index is 12.3. The summed E-state index contributed by atoms with van der Waals surface area (Å²) in [5.74, 6) is 0.668. The van der Waals surface area contributed by atoms with Gasteiger partial charge >= 0.3 is 5.97 Å². The quantitative estimate of drug-likeness (QED) is 0.827. The Bertz CT molecular complexity index is 941. The summed E-state index contributed by atoms with van der Waals surface area (Å²) in [6, 6.07) is 8.37. The minimum Gasteiger partial charge on any atom is -0.507 e. The van der Waals surface area contributed by atoms with Crippen LogP contribution in [0.2, 0.25) is 0 Å². The molecule has 1 unspecified atom stereocenters. The number of fused-ring (bicyclic) bond motifs is 1. The highest BCUT2D eigenvalue weighted by atomic mass is 16.6. The van der Waals surface area contributed by atoms with Gasteiger partial charge in [-0.05, 0) is 81.5 Å². The second-order valence-corrected chi connectivity index (χ2v) is 7.35. The minimum atomic E-state index is -0.629. The van der Waals surface area contributed by atoms with Crippen LogP contribution < -0.4 is 4.74 Å². The van der Waals surface area contributed by atoms with E-state index in [4.69, 9.17) is 14.7 Å². The molecule has 0 saturated heterocycles. The highest BCUT2D eigenvalue weighted by molar-refractivity contribution is 5.89. The van der Waals surface area contributed by atoms with Crippen LogP contribution in [0.15, 0.2) is 24.3 Å². The summed E-state index contributed by atoms with van der Waals surface area (Å²) in [5, 5.41) is 19.1. The topological polar surface area (TPSA) is 79.5 Å². The lowest BCUT2D eigenvalue weighted by Gasteiger charge is -2.37. The molecular weight excluding hydrogens is 342 g/mol. The lowest BCUT2D eigenvalue weighted by molar-refractivity contribution is -0.0164. The summed E-state index contributed by atoms with van der Waals surface area (Å²) >= 11 is 0. The molecule has 0 radical (unpaired) electrons. The van der Waals surface area contributed by atoms with Crippen LogP contribution in [0.1, 0.15) is 51.5 Å². The first-order valence-corrected chi connectivity index (χ1v) is 8.93. The number of rotatable bonds is 3. The number of phenolic OH excluding ortho intramolecular Hbond substituents is 1. The molecule has 1 aliphatic heterocycles. The lowest BCUT2D eigenvalue weighted by atomic mass is 9.87. The minimum absolute atomic E-state index is 0.129. The Morgan fingerprint density at radius 3 is 2.52 bits per heavy atom. The van der Waals surface area contributed by atoms with Crippen LogP contribution in [0.3, 0.4) is 0 Å². The van der Waals surface area contributed by atoms with Crippen LogP contribution in [-0.2, 0) is 11.2 Å². The molecule has 27 heavy (non-hydrogen) atoms. The zero-order valence-electron chi connectivity index (χ0n) is 16.0. The molecule has 0 amide bonds. The Kier molecular flexibility index (Phi) is 4.84. The molecule has 2 aromatic carbocycles. The van der Waals surface area contributed by atoms with E-state index in [0.29, 0.717) is 23.3 Å². The largest absolute Gasteiger partial charge is 0.507 e. The first-order valence-electron chi connectivity index (χ1n) is 8.93. The maximum absolute atomic E-state index is 12.3. The van der Waals surface area contributed by atoms with E-state index in [-0.39, 0.29) is 6.61 Å². The van der Waals surface area contributed by atoms with Crippen molar-refractivity contribution in [1.29, 1.82) is 5.26 Å². The molecule has 0 saturated carbocycles. The molecule has 1 N–H and O–H groups in total. The van der Waals surface area contributed by atoms with Crippen molar-refractivity contribution in [3.05, 3.63) is 57.6 Å². The average molecular weight is 365 g/mol. The number of benzene rings is 2. The van der Waals surface area contributed by atoms with Crippen molar-refractivity contribution in [1.82, 2.24) is 0 Å². The van der Waals surface area contributed by atoms with Gasteiger partial charge in [-0.2, -0.15) is 5.26 Å². The first-order chi connectivity index (χ1) is 12.8. The molecule has 0 aromatic heterocycles. The monoisotopic (exact) mass is 365 g/mol. The van der Waals surface area contributed by atoms with E-state index >= 15 is 0 Å². The van der Waals surface area contributed by atoms with Gasteiger partial charge in [-0.15, -0.1) is 0 Å². The Balaban J connectivity index is 1.75. The van der Waals surface area contributed by atoms with Gasteiger partial charge in [0, 0.05) is 5.56 Å². The van der Waals surface area contributed by atoms with E-state index in [1.165, 1.54) is 0 Å². The average Bonchev–Trinajstić information content (AvgIpc) is 2.69. The second kappa shape index (κ2) is 6.96. The number of carbonyl (C=O) groups is 1. The molecule has 3 rings (SSSR count). The zero-order valence-corrected chi connectivity index (χ0v) is 16.0. The molecule has 0 fully saturated rings. The highest BCUT2D eigenvalue weighted by Crippen LogP contribution is 2.43. The van der Waals surface area contributed by atoms with Crippen LogP contribution in [0.25, 0.3) is 0 Å². The summed E-state index contributed by atoms with van der Waals surface area (Å²) in [5.41, 5.74) is 3.87. The van der Waals surface area contributed by atoms with Gasteiger partial charge in [-0.1, -0.05) is 0 Å². The molecule has 5 nitrogen and oxygen atoms in total. The van der Waals surface area contributed by atoms with Gasteiger partial charge in [0.15, 0.2) is 0 Å². The Labute approximate surface area is 159 Å². The number of phenols is 1.